The van der Waals surface area contributed by atoms with E-state index in [2.05, 4.69) is 5.32 Å². The first-order valence-corrected chi connectivity index (χ1v) is 6.87. The molecule has 1 aromatic rings. The molecule has 0 bridgehead atoms. The van der Waals surface area contributed by atoms with Crippen molar-refractivity contribution in [2.24, 2.45) is 0 Å². The molecule has 0 atom stereocenters. The van der Waals surface area contributed by atoms with Crippen molar-refractivity contribution in [1.29, 1.82) is 0 Å². The number of carbonyl (C=O) groups excluding carboxylic acids is 2. The molecule has 2 amide bonds. The number of nitrogens with zero attached hydrogens (tertiary/aromatic N) is 1. The Balaban J connectivity index is 1.81. The lowest BCUT2D eigenvalue weighted by atomic mass is 10.1. The van der Waals surface area contributed by atoms with E-state index in [-0.39, 0.29) is 24.8 Å². The van der Waals surface area contributed by atoms with Crippen LogP contribution in [0.2, 0.25) is 0 Å². The fourth-order valence-electron chi connectivity index (χ4n) is 2.34. The van der Waals surface area contributed by atoms with Gasteiger partial charge in [0.05, 0.1) is 20.1 Å². The summed E-state index contributed by atoms with van der Waals surface area (Å²) in [5, 5.41) is 2.67. The molecule has 1 aromatic carbocycles. The standard InChI is InChI=1S/C15H20N2O3/c1-20-13-7-3-2-6-12(13)10-14(18)16-11-15(19)17-8-4-5-9-17/h2-3,6-7H,4-5,8-11H2,1H3,(H,16,18). The highest BCUT2D eigenvalue weighted by Gasteiger charge is 2.18. The summed E-state index contributed by atoms with van der Waals surface area (Å²) in [5.74, 6) is 0.520. The number of likely N-dealkylation sites (tertiary alicyclic amines) is 1. The minimum absolute atomic E-state index is 0.00382. The molecule has 0 radical (unpaired) electrons. The van der Waals surface area contributed by atoms with Gasteiger partial charge in [-0.25, -0.2) is 0 Å². The first-order valence-electron chi connectivity index (χ1n) is 6.87. The number of carbonyl (C=O) groups is 2. The number of para-hydroxylation sites is 1. The van der Waals surface area contributed by atoms with Gasteiger partial charge in [0.25, 0.3) is 0 Å². The van der Waals surface area contributed by atoms with E-state index < -0.39 is 0 Å². The van der Waals surface area contributed by atoms with E-state index in [9.17, 15) is 9.59 Å². The maximum Gasteiger partial charge on any atom is 0.241 e. The number of nitrogens with one attached hydrogen (secondary N) is 1. The number of amides is 2. The summed E-state index contributed by atoms with van der Waals surface area (Å²) in [4.78, 5) is 25.5. The van der Waals surface area contributed by atoms with Crippen molar-refractivity contribution in [3.8, 4) is 5.75 Å². The van der Waals surface area contributed by atoms with Gasteiger partial charge in [0.15, 0.2) is 0 Å². The molecule has 5 nitrogen and oxygen atoms in total. The van der Waals surface area contributed by atoms with Gasteiger partial charge in [0.2, 0.25) is 11.8 Å². The summed E-state index contributed by atoms with van der Waals surface area (Å²) in [6.45, 7) is 1.69. The lowest BCUT2D eigenvalue weighted by Gasteiger charge is -2.15. The van der Waals surface area contributed by atoms with Crippen LogP contribution >= 0.6 is 0 Å². The normalized spacial score (nSPS) is 14.2. The third kappa shape index (κ3) is 3.73. The molecule has 0 saturated carbocycles. The van der Waals surface area contributed by atoms with Crippen LogP contribution in [0.1, 0.15) is 18.4 Å². The minimum atomic E-state index is -0.165. The average Bonchev–Trinajstić information content (AvgIpc) is 2.99. The number of rotatable bonds is 5. The summed E-state index contributed by atoms with van der Waals surface area (Å²) in [5.41, 5.74) is 0.820. The van der Waals surface area contributed by atoms with Crippen molar-refractivity contribution in [1.82, 2.24) is 10.2 Å². The zero-order valence-corrected chi connectivity index (χ0v) is 11.7. The van der Waals surface area contributed by atoms with Crippen molar-refractivity contribution in [2.45, 2.75) is 19.3 Å². The molecule has 2 rings (SSSR count). The van der Waals surface area contributed by atoms with Crippen molar-refractivity contribution < 1.29 is 14.3 Å². The molecule has 1 fully saturated rings. The van der Waals surface area contributed by atoms with Crippen molar-refractivity contribution in [3.63, 3.8) is 0 Å². The Hall–Kier alpha value is -2.04. The predicted octanol–water partition coefficient (Wildman–Crippen LogP) is 0.976. The van der Waals surface area contributed by atoms with Crippen LogP contribution in [0.3, 0.4) is 0 Å². The Labute approximate surface area is 118 Å². The molecule has 1 heterocycles. The molecule has 1 aliphatic rings. The third-order valence-corrected chi connectivity index (χ3v) is 3.44. The van der Waals surface area contributed by atoms with Gasteiger partial charge in [-0.3, -0.25) is 9.59 Å². The minimum Gasteiger partial charge on any atom is -0.496 e. The van der Waals surface area contributed by atoms with Gasteiger partial charge in [-0.1, -0.05) is 18.2 Å². The number of ether oxygens (including phenoxy) is 1. The summed E-state index contributed by atoms with van der Waals surface area (Å²) in [7, 11) is 1.58. The average molecular weight is 276 g/mol. The third-order valence-electron chi connectivity index (χ3n) is 3.44. The lowest BCUT2D eigenvalue weighted by Crippen LogP contribution is -2.39. The molecule has 1 aliphatic heterocycles. The number of benzene rings is 1. The lowest BCUT2D eigenvalue weighted by molar-refractivity contribution is -0.131. The maximum atomic E-state index is 11.9. The second-order valence-corrected chi connectivity index (χ2v) is 4.85. The van der Waals surface area contributed by atoms with Gasteiger partial charge in [0, 0.05) is 18.7 Å². The number of hydrogen-bond acceptors (Lipinski definition) is 3. The fourth-order valence-corrected chi connectivity index (χ4v) is 2.34. The van der Waals surface area contributed by atoms with Crippen molar-refractivity contribution in [3.05, 3.63) is 29.8 Å². The molecule has 20 heavy (non-hydrogen) atoms. The maximum absolute atomic E-state index is 11.9. The molecule has 0 aromatic heterocycles. The second kappa shape index (κ2) is 6.93. The summed E-state index contributed by atoms with van der Waals surface area (Å²) >= 11 is 0. The zero-order chi connectivity index (χ0) is 14.4. The molecule has 0 aliphatic carbocycles. The number of hydrogen-bond donors (Lipinski definition) is 1. The van der Waals surface area contributed by atoms with Gasteiger partial charge < -0.3 is 15.0 Å². The summed E-state index contributed by atoms with van der Waals surface area (Å²) in [6.07, 6.45) is 2.33. The van der Waals surface area contributed by atoms with Crippen LogP contribution in [0.4, 0.5) is 0 Å². The highest BCUT2D eigenvalue weighted by Crippen LogP contribution is 2.17. The molecule has 1 saturated heterocycles. The Morgan fingerprint density at radius 1 is 1.25 bits per heavy atom. The van der Waals surface area contributed by atoms with Crippen LogP contribution in [0.25, 0.3) is 0 Å². The van der Waals surface area contributed by atoms with E-state index in [4.69, 9.17) is 4.74 Å². The van der Waals surface area contributed by atoms with Gasteiger partial charge in [-0.15, -0.1) is 0 Å². The monoisotopic (exact) mass is 276 g/mol. The van der Waals surface area contributed by atoms with Gasteiger partial charge in [-0.2, -0.15) is 0 Å². The van der Waals surface area contributed by atoms with Gasteiger partial charge in [-0.05, 0) is 18.9 Å². The molecular weight excluding hydrogens is 256 g/mol. The highest BCUT2D eigenvalue weighted by molar-refractivity contribution is 5.86. The summed E-state index contributed by atoms with van der Waals surface area (Å²) < 4.78 is 5.20. The molecule has 5 heteroatoms. The Morgan fingerprint density at radius 2 is 1.95 bits per heavy atom. The van der Waals surface area contributed by atoms with E-state index >= 15 is 0 Å². The fraction of sp³-hybridized carbons (Fsp3) is 0.467. The van der Waals surface area contributed by atoms with E-state index in [0.29, 0.717) is 5.75 Å². The quantitative estimate of drug-likeness (QED) is 0.872. The van der Waals surface area contributed by atoms with E-state index in [1.165, 1.54) is 0 Å². The first-order chi connectivity index (χ1) is 9.70. The zero-order valence-electron chi connectivity index (χ0n) is 11.7. The van der Waals surface area contributed by atoms with Crippen LogP contribution < -0.4 is 10.1 Å². The van der Waals surface area contributed by atoms with Gasteiger partial charge in [0.1, 0.15) is 5.75 Å². The first kappa shape index (κ1) is 14.4. The van der Waals surface area contributed by atoms with E-state index in [1.54, 1.807) is 12.0 Å². The van der Waals surface area contributed by atoms with Crippen LogP contribution in [-0.2, 0) is 16.0 Å². The molecule has 108 valence electrons. The Kier molecular flexibility index (Phi) is 4.98. The smallest absolute Gasteiger partial charge is 0.241 e. The largest absolute Gasteiger partial charge is 0.496 e. The van der Waals surface area contributed by atoms with Crippen LogP contribution in [0.5, 0.6) is 5.75 Å². The molecule has 0 unspecified atom stereocenters. The Morgan fingerprint density at radius 3 is 2.65 bits per heavy atom. The van der Waals surface area contributed by atoms with E-state index in [1.807, 2.05) is 24.3 Å². The van der Waals surface area contributed by atoms with Crippen LogP contribution in [0.15, 0.2) is 24.3 Å². The van der Waals surface area contributed by atoms with Crippen molar-refractivity contribution >= 4 is 11.8 Å². The highest BCUT2D eigenvalue weighted by atomic mass is 16.5. The second-order valence-electron chi connectivity index (χ2n) is 4.85. The number of methoxy groups -OCH3 is 1. The van der Waals surface area contributed by atoms with E-state index in [0.717, 1.165) is 31.5 Å². The van der Waals surface area contributed by atoms with Crippen LogP contribution in [0, 0.1) is 0 Å². The summed E-state index contributed by atoms with van der Waals surface area (Å²) in [6, 6.07) is 7.39. The van der Waals surface area contributed by atoms with Crippen molar-refractivity contribution in [2.75, 3.05) is 26.7 Å². The Bertz CT molecular complexity index is 482. The van der Waals surface area contributed by atoms with Gasteiger partial charge >= 0.3 is 0 Å². The topological polar surface area (TPSA) is 58.6 Å². The molecular formula is C15H20N2O3. The molecule has 1 N–H and O–H groups in total. The SMILES string of the molecule is COc1ccccc1CC(=O)NCC(=O)N1CCCC1. The van der Waals surface area contributed by atoms with Crippen LogP contribution in [-0.4, -0.2) is 43.5 Å². The predicted molar refractivity (Wildman–Crippen MR) is 75.5 cm³/mol. The molecule has 0 spiro atoms.